The molecule has 9 nitrogen and oxygen atoms in total. The van der Waals surface area contributed by atoms with E-state index in [0.29, 0.717) is 35.7 Å². The van der Waals surface area contributed by atoms with Crippen molar-refractivity contribution in [2.45, 2.75) is 38.3 Å². The molecule has 1 aliphatic carbocycles. The van der Waals surface area contributed by atoms with E-state index in [1.165, 1.54) is 7.11 Å². The van der Waals surface area contributed by atoms with Gasteiger partial charge in [0.05, 0.1) is 33.6 Å². The largest absolute Gasteiger partial charge is 0.497 e. The molecule has 0 aliphatic heterocycles. The fraction of sp³-hybridized carbons (Fsp3) is 0.455. The molecule has 10 heteroatoms. The Kier molecular flexibility index (Phi) is 6.64. The summed E-state index contributed by atoms with van der Waals surface area (Å²) < 4.78 is 17.7. The monoisotopic (exact) mass is 459 g/mol. The molecular weight excluding hydrogens is 434 g/mol. The summed E-state index contributed by atoms with van der Waals surface area (Å²) in [7, 11) is 4.66. The molecule has 2 atom stereocenters. The molecule has 0 saturated heterocycles. The Morgan fingerprint density at radius 3 is 2.81 bits per heavy atom. The fourth-order valence-electron chi connectivity index (χ4n) is 4.25. The lowest BCUT2D eigenvalue weighted by atomic mass is 9.85. The van der Waals surface area contributed by atoms with Crippen molar-refractivity contribution in [2.75, 3.05) is 26.6 Å². The molecule has 1 saturated carbocycles. The topological polar surface area (TPSA) is 100 Å². The summed E-state index contributed by atoms with van der Waals surface area (Å²) in [4.78, 5) is 25.4. The lowest BCUT2D eigenvalue weighted by Crippen LogP contribution is -2.25. The van der Waals surface area contributed by atoms with Gasteiger partial charge < -0.3 is 24.1 Å². The highest BCUT2D eigenvalue weighted by Gasteiger charge is 2.30. The molecule has 1 aromatic carbocycles. The Hall–Kier alpha value is -3.07. The second-order valence-electron chi connectivity index (χ2n) is 7.74. The minimum absolute atomic E-state index is 0.0957. The number of benzene rings is 1. The van der Waals surface area contributed by atoms with Crippen LogP contribution < -0.4 is 14.8 Å². The highest BCUT2D eigenvalue weighted by Crippen LogP contribution is 2.36. The predicted molar refractivity (Wildman–Crippen MR) is 120 cm³/mol. The van der Waals surface area contributed by atoms with Gasteiger partial charge in [0.25, 0.3) is 0 Å². The van der Waals surface area contributed by atoms with Gasteiger partial charge >= 0.3 is 5.97 Å². The number of carbonyl (C=O) groups is 1. The summed E-state index contributed by atoms with van der Waals surface area (Å²) in [5.41, 5.74) is 2.20. The van der Waals surface area contributed by atoms with Gasteiger partial charge in [0, 0.05) is 24.2 Å². The SMILES string of the molecule is COC(=O)C1CCCC(n2cnc3c(NCc4ccc(OC)cc4OC)nc(Cl)nc32)C1. The van der Waals surface area contributed by atoms with E-state index in [2.05, 4.69) is 20.3 Å². The van der Waals surface area contributed by atoms with Crippen molar-refractivity contribution < 1.29 is 19.0 Å². The van der Waals surface area contributed by atoms with Crippen molar-refractivity contribution in [3.05, 3.63) is 35.4 Å². The average Bonchev–Trinajstić information content (AvgIpc) is 3.25. The smallest absolute Gasteiger partial charge is 0.308 e. The Morgan fingerprint density at radius 1 is 1.22 bits per heavy atom. The molecule has 2 aromatic heterocycles. The van der Waals surface area contributed by atoms with Crippen molar-refractivity contribution in [2.24, 2.45) is 5.92 Å². The van der Waals surface area contributed by atoms with Gasteiger partial charge in [-0.1, -0.05) is 6.42 Å². The van der Waals surface area contributed by atoms with Gasteiger partial charge in [-0.15, -0.1) is 0 Å². The van der Waals surface area contributed by atoms with E-state index >= 15 is 0 Å². The summed E-state index contributed by atoms with van der Waals surface area (Å²) >= 11 is 6.25. The lowest BCUT2D eigenvalue weighted by molar-refractivity contribution is -0.147. The molecule has 0 bridgehead atoms. The summed E-state index contributed by atoms with van der Waals surface area (Å²) in [6.45, 7) is 0.455. The number of nitrogens with one attached hydrogen (secondary N) is 1. The Morgan fingerprint density at radius 2 is 2.06 bits per heavy atom. The maximum Gasteiger partial charge on any atom is 0.308 e. The van der Waals surface area contributed by atoms with Gasteiger partial charge in [0.15, 0.2) is 17.0 Å². The van der Waals surface area contributed by atoms with Crippen LogP contribution in [0.1, 0.15) is 37.3 Å². The van der Waals surface area contributed by atoms with Gasteiger partial charge in [-0.2, -0.15) is 9.97 Å². The normalized spacial score (nSPS) is 18.4. The standard InChI is InChI=1S/C22H26ClN5O4/c1-30-16-8-7-14(17(10-16)31-2)11-24-19-18-20(27-22(23)26-19)28(12-25-18)15-6-4-5-13(9-15)21(29)32-3/h7-8,10,12-13,15H,4-6,9,11H2,1-3H3,(H,24,26,27). The van der Waals surface area contributed by atoms with Gasteiger partial charge in [-0.25, -0.2) is 4.98 Å². The van der Waals surface area contributed by atoms with Gasteiger partial charge in [-0.05, 0) is 43.0 Å². The van der Waals surface area contributed by atoms with Crippen LogP contribution >= 0.6 is 11.6 Å². The van der Waals surface area contributed by atoms with Crippen LogP contribution in [0.3, 0.4) is 0 Å². The number of halogens is 1. The summed E-state index contributed by atoms with van der Waals surface area (Å²) in [6, 6.07) is 5.73. The molecule has 4 rings (SSSR count). The first-order valence-corrected chi connectivity index (χ1v) is 10.8. The molecule has 1 fully saturated rings. The number of carbonyl (C=O) groups excluding carboxylic acids is 1. The van der Waals surface area contributed by atoms with Crippen LogP contribution in [0.4, 0.5) is 5.82 Å². The zero-order valence-corrected chi connectivity index (χ0v) is 19.1. The molecule has 170 valence electrons. The van der Waals surface area contributed by atoms with E-state index < -0.39 is 0 Å². The van der Waals surface area contributed by atoms with Crippen LogP contribution in [0.5, 0.6) is 11.5 Å². The maximum absolute atomic E-state index is 12.0. The van der Waals surface area contributed by atoms with E-state index in [-0.39, 0.29) is 23.2 Å². The first-order valence-electron chi connectivity index (χ1n) is 10.5. The number of methoxy groups -OCH3 is 3. The molecule has 2 unspecified atom stereocenters. The van der Waals surface area contributed by atoms with Crippen LogP contribution in [-0.2, 0) is 16.1 Å². The van der Waals surface area contributed by atoms with E-state index in [0.717, 1.165) is 30.6 Å². The molecule has 0 spiro atoms. The maximum atomic E-state index is 12.0. The number of esters is 1. The number of fused-ring (bicyclic) bond motifs is 1. The van der Waals surface area contributed by atoms with Gasteiger partial charge in [0.1, 0.15) is 11.5 Å². The first-order chi connectivity index (χ1) is 15.5. The van der Waals surface area contributed by atoms with E-state index in [4.69, 9.17) is 25.8 Å². The molecule has 0 amide bonds. The number of hydrogen-bond acceptors (Lipinski definition) is 8. The van der Waals surface area contributed by atoms with Gasteiger partial charge in [-0.3, -0.25) is 4.79 Å². The van der Waals surface area contributed by atoms with E-state index in [1.54, 1.807) is 20.5 Å². The third kappa shape index (κ3) is 4.43. The van der Waals surface area contributed by atoms with Crippen LogP contribution in [0.2, 0.25) is 5.28 Å². The molecule has 2 heterocycles. The van der Waals surface area contributed by atoms with Crippen LogP contribution in [0.25, 0.3) is 11.2 Å². The molecule has 1 aliphatic rings. The van der Waals surface area contributed by atoms with Crippen molar-refractivity contribution in [1.82, 2.24) is 19.5 Å². The quantitative estimate of drug-likeness (QED) is 0.417. The summed E-state index contributed by atoms with van der Waals surface area (Å²) in [6.07, 6.45) is 5.14. The second-order valence-corrected chi connectivity index (χ2v) is 8.08. The van der Waals surface area contributed by atoms with Gasteiger partial charge in [0.2, 0.25) is 5.28 Å². The average molecular weight is 460 g/mol. The number of anilines is 1. The third-order valence-electron chi connectivity index (χ3n) is 5.91. The Bertz CT molecular complexity index is 1120. The van der Waals surface area contributed by atoms with Crippen LogP contribution in [-0.4, -0.2) is 46.8 Å². The minimum atomic E-state index is -0.164. The Labute approximate surface area is 191 Å². The van der Waals surface area contributed by atoms with Crippen molar-refractivity contribution in [1.29, 1.82) is 0 Å². The van der Waals surface area contributed by atoms with Crippen LogP contribution in [0, 0.1) is 5.92 Å². The number of hydrogen-bond donors (Lipinski definition) is 1. The number of nitrogens with zero attached hydrogens (tertiary/aromatic N) is 4. The predicted octanol–water partition coefficient (Wildman–Crippen LogP) is 4.01. The first kappa shape index (κ1) is 22.1. The molecule has 32 heavy (non-hydrogen) atoms. The third-order valence-corrected chi connectivity index (χ3v) is 6.08. The number of imidazole rings is 1. The molecule has 1 N–H and O–H groups in total. The van der Waals surface area contributed by atoms with E-state index in [9.17, 15) is 4.79 Å². The lowest BCUT2D eigenvalue weighted by Gasteiger charge is -2.28. The number of rotatable bonds is 7. The molecule has 0 radical (unpaired) electrons. The molecular formula is C22H26ClN5O4. The number of ether oxygens (including phenoxy) is 3. The highest BCUT2D eigenvalue weighted by molar-refractivity contribution is 6.28. The van der Waals surface area contributed by atoms with E-state index in [1.807, 2.05) is 22.8 Å². The fourth-order valence-corrected chi connectivity index (χ4v) is 4.42. The van der Waals surface area contributed by atoms with Crippen molar-refractivity contribution in [3.63, 3.8) is 0 Å². The Balaban J connectivity index is 1.59. The zero-order valence-electron chi connectivity index (χ0n) is 18.3. The minimum Gasteiger partial charge on any atom is -0.497 e. The molecule has 3 aromatic rings. The van der Waals surface area contributed by atoms with Crippen molar-refractivity contribution >= 4 is 34.6 Å². The van der Waals surface area contributed by atoms with Crippen LogP contribution in [0.15, 0.2) is 24.5 Å². The zero-order chi connectivity index (χ0) is 22.7. The summed E-state index contributed by atoms with van der Waals surface area (Å²) in [5, 5.41) is 3.43. The highest BCUT2D eigenvalue weighted by atomic mass is 35.5. The number of aromatic nitrogens is 4. The summed E-state index contributed by atoms with van der Waals surface area (Å²) in [5.74, 6) is 1.68. The second kappa shape index (κ2) is 9.60. The van der Waals surface area contributed by atoms with Crippen molar-refractivity contribution in [3.8, 4) is 11.5 Å².